The predicted octanol–water partition coefficient (Wildman–Crippen LogP) is 4.82. The number of benzene rings is 2. The van der Waals surface area contributed by atoms with Crippen molar-refractivity contribution in [3.8, 4) is 5.75 Å². The van der Waals surface area contributed by atoms with Crippen molar-refractivity contribution < 1.29 is 14.3 Å². The molecule has 0 spiro atoms. The molecule has 1 fully saturated rings. The van der Waals surface area contributed by atoms with Crippen LogP contribution in [0.15, 0.2) is 59.5 Å². The molecule has 1 aliphatic heterocycles. The number of amides is 2. The Morgan fingerprint density at radius 2 is 1.84 bits per heavy atom. The van der Waals surface area contributed by atoms with Crippen LogP contribution in [0.2, 0.25) is 0 Å². The van der Waals surface area contributed by atoms with E-state index in [2.05, 4.69) is 17.4 Å². The molecule has 0 atom stereocenters. The second kappa shape index (κ2) is 12.4. The third-order valence-electron chi connectivity index (χ3n) is 5.15. The van der Waals surface area contributed by atoms with Gasteiger partial charge in [-0.1, -0.05) is 72.9 Å². The molecule has 0 unspecified atom stereocenters. The minimum Gasteiger partial charge on any atom is -0.497 e. The molecule has 2 amide bonds. The normalized spacial score (nSPS) is 14.8. The van der Waals surface area contributed by atoms with Crippen molar-refractivity contribution in [2.45, 2.75) is 32.1 Å². The fraction of sp³-hybridized carbons (Fsp3) is 0.320. The maximum Gasteiger partial charge on any atom is 0.266 e. The fourth-order valence-electron chi connectivity index (χ4n) is 3.36. The average Bonchev–Trinajstić information content (AvgIpc) is 3.07. The number of hydrogen-bond donors (Lipinski definition) is 1. The van der Waals surface area contributed by atoms with Gasteiger partial charge in [0, 0.05) is 19.5 Å². The van der Waals surface area contributed by atoms with Crippen LogP contribution in [0, 0.1) is 0 Å². The van der Waals surface area contributed by atoms with Gasteiger partial charge in [0.1, 0.15) is 10.1 Å². The van der Waals surface area contributed by atoms with E-state index in [9.17, 15) is 9.59 Å². The summed E-state index contributed by atoms with van der Waals surface area (Å²) in [5.41, 5.74) is 2.15. The number of nitrogens with one attached hydrogen (secondary N) is 1. The quantitative estimate of drug-likeness (QED) is 0.291. The summed E-state index contributed by atoms with van der Waals surface area (Å²) in [7, 11) is 1.62. The molecule has 1 saturated heterocycles. The molecular weight excluding hydrogens is 440 g/mol. The SMILES string of the molecule is COc1ccc(/C=C2\SC(=S)N(CCCCCC(=O)NCCc3ccccc3)C2=O)cc1. The Kier molecular flexibility index (Phi) is 9.31. The van der Waals surface area contributed by atoms with E-state index < -0.39 is 0 Å². The van der Waals surface area contributed by atoms with Crippen molar-refractivity contribution in [1.29, 1.82) is 0 Å². The van der Waals surface area contributed by atoms with E-state index in [0.29, 0.717) is 28.7 Å². The van der Waals surface area contributed by atoms with Gasteiger partial charge in [0.2, 0.25) is 5.91 Å². The van der Waals surface area contributed by atoms with Crippen LogP contribution in [0.4, 0.5) is 0 Å². The van der Waals surface area contributed by atoms with E-state index in [0.717, 1.165) is 37.0 Å². The Hall–Kier alpha value is -2.64. The Balaban J connectivity index is 1.34. The van der Waals surface area contributed by atoms with Crippen molar-refractivity contribution in [1.82, 2.24) is 10.2 Å². The summed E-state index contributed by atoms with van der Waals surface area (Å²) in [4.78, 5) is 27.0. The highest BCUT2D eigenvalue weighted by Gasteiger charge is 2.31. The molecule has 168 valence electrons. The van der Waals surface area contributed by atoms with E-state index in [1.165, 1.54) is 17.3 Å². The zero-order valence-electron chi connectivity index (χ0n) is 18.2. The van der Waals surface area contributed by atoms with Gasteiger partial charge in [0.25, 0.3) is 5.91 Å². The van der Waals surface area contributed by atoms with Gasteiger partial charge in [-0.3, -0.25) is 14.5 Å². The lowest BCUT2D eigenvalue weighted by atomic mass is 10.1. The van der Waals surface area contributed by atoms with Crippen LogP contribution in [0.5, 0.6) is 5.75 Å². The van der Waals surface area contributed by atoms with Crippen molar-refractivity contribution >= 4 is 46.2 Å². The maximum absolute atomic E-state index is 12.7. The van der Waals surface area contributed by atoms with E-state index in [1.54, 1.807) is 12.0 Å². The number of carbonyl (C=O) groups excluding carboxylic acids is 2. The zero-order valence-corrected chi connectivity index (χ0v) is 19.8. The number of nitrogens with zero attached hydrogens (tertiary/aromatic N) is 1. The standard InChI is InChI=1S/C25H28N2O3S2/c1-30-21-13-11-20(12-14-21)18-22-24(29)27(25(31)32-22)17-7-3-6-10-23(28)26-16-15-19-8-4-2-5-9-19/h2,4-5,8-9,11-14,18H,3,6-7,10,15-17H2,1H3,(H,26,28)/b22-18-. The highest BCUT2D eigenvalue weighted by molar-refractivity contribution is 8.26. The molecule has 2 aromatic rings. The van der Waals surface area contributed by atoms with Gasteiger partial charge in [-0.2, -0.15) is 0 Å². The lowest BCUT2D eigenvalue weighted by Gasteiger charge is -2.14. The van der Waals surface area contributed by atoms with Crippen LogP contribution < -0.4 is 10.1 Å². The Labute approximate surface area is 199 Å². The first kappa shape index (κ1) is 24.0. The molecule has 1 N–H and O–H groups in total. The first-order chi connectivity index (χ1) is 15.6. The molecule has 0 radical (unpaired) electrons. The molecule has 0 aromatic heterocycles. The van der Waals surface area contributed by atoms with E-state index >= 15 is 0 Å². The summed E-state index contributed by atoms with van der Waals surface area (Å²) in [6.45, 7) is 1.24. The number of methoxy groups -OCH3 is 1. The average molecular weight is 469 g/mol. The Morgan fingerprint density at radius 3 is 2.56 bits per heavy atom. The number of unbranched alkanes of at least 4 members (excludes halogenated alkanes) is 2. The molecule has 0 saturated carbocycles. The van der Waals surface area contributed by atoms with Crippen LogP contribution in [0.1, 0.15) is 36.8 Å². The van der Waals surface area contributed by atoms with Crippen molar-refractivity contribution in [2.75, 3.05) is 20.2 Å². The second-order valence-electron chi connectivity index (χ2n) is 7.50. The summed E-state index contributed by atoms with van der Waals surface area (Å²) in [6, 6.07) is 17.7. The highest BCUT2D eigenvalue weighted by atomic mass is 32.2. The minimum atomic E-state index is -0.0468. The highest BCUT2D eigenvalue weighted by Crippen LogP contribution is 2.33. The van der Waals surface area contributed by atoms with Gasteiger partial charge >= 0.3 is 0 Å². The first-order valence-electron chi connectivity index (χ1n) is 10.8. The van der Waals surface area contributed by atoms with Crippen molar-refractivity contribution in [3.05, 3.63) is 70.6 Å². The summed E-state index contributed by atoms with van der Waals surface area (Å²) >= 11 is 6.74. The van der Waals surface area contributed by atoms with Gasteiger partial charge in [-0.05, 0) is 48.6 Å². The second-order valence-corrected chi connectivity index (χ2v) is 9.18. The van der Waals surface area contributed by atoms with E-state index in [-0.39, 0.29) is 11.8 Å². The molecule has 1 heterocycles. The van der Waals surface area contributed by atoms with Crippen molar-refractivity contribution in [3.63, 3.8) is 0 Å². The predicted molar refractivity (Wildman–Crippen MR) is 134 cm³/mol. The molecule has 0 bridgehead atoms. The molecule has 3 rings (SSSR count). The van der Waals surface area contributed by atoms with E-state index in [1.807, 2.05) is 48.5 Å². The molecule has 5 nitrogen and oxygen atoms in total. The number of thiocarbonyl (C=S) groups is 1. The third kappa shape index (κ3) is 7.21. The largest absolute Gasteiger partial charge is 0.497 e. The fourth-order valence-corrected chi connectivity index (χ4v) is 4.66. The number of carbonyl (C=O) groups is 2. The third-order valence-corrected chi connectivity index (χ3v) is 6.53. The lowest BCUT2D eigenvalue weighted by molar-refractivity contribution is -0.122. The molecule has 0 aliphatic carbocycles. The summed E-state index contributed by atoms with van der Waals surface area (Å²) < 4.78 is 5.76. The van der Waals surface area contributed by atoms with Gasteiger partial charge in [0.15, 0.2) is 0 Å². The summed E-state index contributed by atoms with van der Waals surface area (Å²) in [6.07, 6.45) is 5.70. The smallest absolute Gasteiger partial charge is 0.266 e. The van der Waals surface area contributed by atoms with Crippen LogP contribution in [-0.4, -0.2) is 41.2 Å². The van der Waals surface area contributed by atoms with Crippen molar-refractivity contribution in [2.24, 2.45) is 0 Å². The molecular formula is C25H28N2O3S2. The number of ether oxygens (including phenoxy) is 1. The summed E-state index contributed by atoms with van der Waals surface area (Å²) in [5.74, 6) is 0.808. The van der Waals surface area contributed by atoms with Gasteiger partial charge in [-0.15, -0.1) is 0 Å². The Morgan fingerprint density at radius 1 is 1.09 bits per heavy atom. The lowest BCUT2D eigenvalue weighted by Crippen LogP contribution is -2.29. The van der Waals surface area contributed by atoms with E-state index in [4.69, 9.17) is 17.0 Å². The summed E-state index contributed by atoms with van der Waals surface area (Å²) in [5, 5.41) is 2.97. The van der Waals surface area contributed by atoms with Crippen LogP contribution in [0.25, 0.3) is 6.08 Å². The maximum atomic E-state index is 12.7. The molecule has 7 heteroatoms. The van der Waals surface area contributed by atoms with Gasteiger partial charge in [0.05, 0.1) is 12.0 Å². The number of hydrogen-bond acceptors (Lipinski definition) is 5. The van der Waals surface area contributed by atoms with Gasteiger partial charge < -0.3 is 10.1 Å². The molecule has 2 aromatic carbocycles. The monoisotopic (exact) mass is 468 g/mol. The number of rotatable bonds is 11. The van der Waals surface area contributed by atoms with Gasteiger partial charge in [-0.25, -0.2) is 0 Å². The van der Waals surface area contributed by atoms with Crippen LogP contribution >= 0.6 is 24.0 Å². The number of thioether (sulfide) groups is 1. The first-order valence-corrected chi connectivity index (χ1v) is 12.0. The minimum absolute atomic E-state index is 0.0468. The Bertz CT molecular complexity index is 959. The molecule has 32 heavy (non-hydrogen) atoms. The molecule has 1 aliphatic rings. The topological polar surface area (TPSA) is 58.6 Å². The zero-order chi connectivity index (χ0) is 22.8. The van der Waals surface area contributed by atoms with Crippen LogP contribution in [0.3, 0.4) is 0 Å². The van der Waals surface area contributed by atoms with Crippen LogP contribution in [-0.2, 0) is 16.0 Å².